The second-order valence-corrected chi connectivity index (χ2v) is 6.98. The summed E-state index contributed by atoms with van der Waals surface area (Å²) in [5.74, 6) is 1.49. The average Bonchev–Trinajstić information content (AvgIpc) is 2.80. The van der Waals surface area contributed by atoms with Crippen molar-refractivity contribution in [2.75, 3.05) is 37.7 Å². The Morgan fingerprint density at radius 2 is 1.55 bits per heavy atom. The van der Waals surface area contributed by atoms with E-state index in [1.165, 1.54) is 5.56 Å². The lowest BCUT2D eigenvalue weighted by Gasteiger charge is -2.34. The molecule has 0 spiro atoms. The summed E-state index contributed by atoms with van der Waals surface area (Å²) in [5.41, 5.74) is 2.30. The minimum atomic E-state index is 0.00754. The SMILES string of the molecule is O=C(COc1ccccc1Cc1ccccc1)N1CCN(c2ncccn2)CC1. The van der Waals surface area contributed by atoms with Crippen LogP contribution in [-0.2, 0) is 11.2 Å². The molecule has 0 radical (unpaired) electrons. The first-order valence-corrected chi connectivity index (χ1v) is 9.84. The zero-order chi connectivity index (χ0) is 19.9. The van der Waals surface area contributed by atoms with E-state index >= 15 is 0 Å². The fourth-order valence-electron chi connectivity index (χ4n) is 3.45. The lowest BCUT2D eigenvalue weighted by Crippen LogP contribution is -2.50. The first-order chi connectivity index (χ1) is 14.3. The monoisotopic (exact) mass is 388 g/mol. The number of nitrogens with zero attached hydrogens (tertiary/aromatic N) is 4. The van der Waals surface area contributed by atoms with Crippen LogP contribution in [0.2, 0.25) is 0 Å². The standard InChI is InChI=1S/C23H24N4O2/c28-22(26-13-15-27(16-14-26)23-24-11-6-12-25-23)18-29-21-10-5-4-9-20(21)17-19-7-2-1-3-8-19/h1-12H,13-18H2. The van der Waals surface area contributed by atoms with Crippen molar-refractivity contribution in [2.45, 2.75) is 6.42 Å². The molecule has 1 aliphatic rings. The van der Waals surface area contributed by atoms with Gasteiger partial charge in [-0.1, -0.05) is 48.5 Å². The molecule has 4 rings (SSSR count). The summed E-state index contributed by atoms with van der Waals surface area (Å²) in [4.78, 5) is 25.1. The van der Waals surface area contributed by atoms with Crippen molar-refractivity contribution in [3.05, 3.63) is 84.2 Å². The van der Waals surface area contributed by atoms with Crippen LogP contribution in [0, 0.1) is 0 Å². The summed E-state index contributed by atoms with van der Waals surface area (Å²) in [5, 5.41) is 0. The maximum Gasteiger partial charge on any atom is 0.260 e. The van der Waals surface area contributed by atoms with Gasteiger partial charge in [0.2, 0.25) is 5.95 Å². The number of rotatable bonds is 6. The van der Waals surface area contributed by atoms with Crippen molar-refractivity contribution in [3.8, 4) is 5.75 Å². The average molecular weight is 388 g/mol. The number of piperazine rings is 1. The van der Waals surface area contributed by atoms with Gasteiger partial charge in [-0.15, -0.1) is 0 Å². The summed E-state index contributed by atoms with van der Waals surface area (Å²) in [6.07, 6.45) is 4.25. The Kier molecular flexibility index (Phi) is 6.00. The Bertz CT molecular complexity index is 926. The van der Waals surface area contributed by atoms with Crippen LogP contribution in [0.25, 0.3) is 0 Å². The fourth-order valence-corrected chi connectivity index (χ4v) is 3.45. The van der Waals surface area contributed by atoms with Crippen molar-refractivity contribution in [1.82, 2.24) is 14.9 Å². The van der Waals surface area contributed by atoms with Gasteiger partial charge in [0, 0.05) is 45.0 Å². The molecule has 6 nitrogen and oxygen atoms in total. The van der Waals surface area contributed by atoms with Crippen molar-refractivity contribution >= 4 is 11.9 Å². The predicted molar refractivity (Wildman–Crippen MR) is 112 cm³/mol. The van der Waals surface area contributed by atoms with Gasteiger partial charge in [-0.2, -0.15) is 0 Å². The molecule has 0 unspecified atom stereocenters. The van der Waals surface area contributed by atoms with Gasteiger partial charge < -0.3 is 14.5 Å². The van der Waals surface area contributed by atoms with Crippen molar-refractivity contribution in [3.63, 3.8) is 0 Å². The third-order valence-electron chi connectivity index (χ3n) is 5.03. The van der Waals surface area contributed by atoms with E-state index in [1.807, 2.05) is 47.4 Å². The Morgan fingerprint density at radius 1 is 0.862 bits per heavy atom. The first-order valence-electron chi connectivity index (χ1n) is 9.84. The van der Waals surface area contributed by atoms with Crippen LogP contribution in [0.4, 0.5) is 5.95 Å². The molecule has 0 saturated carbocycles. The van der Waals surface area contributed by atoms with E-state index in [2.05, 4.69) is 27.0 Å². The van der Waals surface area contributed by atoms with E-state index in [1.54, 1.807) is 18.5 Å². The maximum atomic E-state index is 12.6. The summed E-state index contributed by atoms with van der Waals surface area (Å²) >= 11 is 0. The predicted octanol–water partition coefficient (Wildman–Crippen LogP) is 2.80. The normalized spacial score (nSPS) is 13.9. The number of benzene rings is 2. The van der Waals surface area contributed by atoms with E-state index in [-0.39, 0.29) is 12.5 Å². The van der Waals surface area contributed by atoms with Gasteiger partial charge in [-0.25, -0.2) is 9.97 Å². The molecule has 1 fully saturated rings. The molecule has 6 heteroatoms. The van der Waals surface area contributed by atoms with Gasteiger partial charge in [0.1, 0.15) is 5.75 Å². The van der Waals surface area contributed by atoms with Gasteiger partial charge in [-0.05, 0) is 23.3 Å². The molecule has 0 N–H and O–H groups in total. The number of hydrogen-bond donors (Lipinski definition) is 0. The van der Waals surface area contributed by atoms with Crippen LogP contribution in [0.5, 0.6) is 5.75 Å². The largest absolute Gasteiger partial charge is 0.483 e. The van der Waals surface area contributed by atoms with Crippen LogP contribution in [0.3, 0.4) is 0 Å². The lowest BCUT2D eigenvalue weighted by molar-refractivity contribution is -0.133. The van der Waals surface area contributed by atoms with Gasteiger partial charge in [0.05, 0.1) is 0 Å². The highest BCUT2D eigenvalue weighted by atomic mass is 16.5. The Hall–Kier alpha value is -3.41. The number of amides is 1. The Balaban J connectivity index is 1.31. The van der Waals surface area contributed by atoms with Gasteiger partial charge in [0.25, 0.3) is 5.91 Å². The van der Waals surface area contributed by atoms with E-state index < -0.39 is 0 Å². The number of anilines is 1. The van der Waals surface area contributed by atoms with Crippen LogP contribution in [-0.4, -0.2) is 53.6 Å². The van der Waals surface area contributed by atoms with Crippen LogP contribution >= 0.6 is 0 Å². The molecule has 29 heavy (non-hydrogen) atoms. The molecule has 0 bridgehead atoms. The van der Waals surface area contributed by atoms with Crippen LogP contribution < -0.4 is 9.64 Å². The topological polar surface area (TPSA) is 58.6 Å². The van der Waals surface area contributed by atoms with Crippen molar-refractivity contribution in [1.29, 1.82) is 0 Å². The number of para-hydroxylation sites is 1. The van der Waals surface area contributed by atoms with Crippen LogP contribution in [0.15, 0.2) is 73.1 Å². The first kappa shape index (κ1) is 18.9. The molecular formula is C23H24N4O2. The van der Waals surface area contributed by atoms with Crippen molar-refractivity contribution in [2.24, 2.45) is 0 Å². The highest BCUT2D eigenvalue weighted by Crippen LogP contribution is 2.21. The third-order valence-corrected chi connectivity index (χ3v) is 5.03. The quantitative estimate of drug-likeness (QED) is 0.650. The summed E-state index contributed by atoms with van der Waals surface area (Å²) in [6.45, 7) is 2.78. The third kappa shape index (κ3) is 4.90. The van der Waals surface area contributed by atoms with Gasteiger partial charge >= 0.3 is 0 Å². The number of hydrogen-bond acceptors (Lipinski definition) is 5. The summed E-state index contributed by atoms with van der Waals surface area (Å²) in [6, 6.07) is 20.0. The second-order valence-electron chi connectivity index (χ2n) is 6.98. The molecule has 2 aromatic carbocycles. The fraction of sp³-hybridized carbons (Fsp3) is 0.261. The molecule has 0 aliphatic carbocycles. The van der Waals surface area contributed by atoms with Crippen LogP contribution in [0.1, 0.15) is 11.1 Å². The zero-order valence-corrected chi connectivity index (χ0v) is 16.3. The van der Waals surface area contributed by atoms with E-state index in [0.717, 1.165) is 30.8 Å². The lowest BCUT2D eigenvalue weighted by atomic mass is 10.0. The molecule has 2 heterocycles. The van der Waals surface area contributed by atoms with E-state index in [4.69, 9.17) is 4.74 Å². The molecule has 1 saturated heterocycles. The molecule has 3 aromatic rings. The molecule has 1 amide bonds. The van der Waals surface area contributed by atoms with Gasteiger partial charge in [0.15, 0.2) is 6.61 Å². The number of carbonyl (C=O) groups is 1. The molecule has 1 aromatic heterocycles. The highest BCUT2D eigenvalue weighted by molar-refractivity contribution is 5.78. The Labute approximate surface area is 170 Å². The number of aromatic nitrogens is 2. The summed E-state index contributed by atoms with van der Waals surface area (Å²) in [7, 11) is 0. The number of carbonyl (C=O) groups excluding carboxylic acids is 1. The maximum absolute atomic E-state index is 12.6. The summed E-state index contributed by atoms with van der Waals surface area (Å²) < 4.78 is 5.91. The minimum Gasteiger partial charge on any atom is -0.483 e. The molecular weight excluding hydrogens is 364 g/mol. The Morgan fingerprint density at radius 3 is 2.31 bits per heavy atom. The highest BCUT2D eigenvalue weighted by Gasteiger charge is 2.22. The van der Waals surface area contributed by atoms with E-state index in [0.29, 0.717) is 19.0 Å². The zero-order valence-electron chi connectivity index (χ0n) is 16.3. The van der Waals surface area contributed by atoms with Gasteiger partial charge in [-0.3, -0.25) is 4.79 Å². The number of ether oxygens (including phenoxy) is 1. The molecule has 148 valence electrons. The van der Waals surface area contributed by atoms with E-state index in [9.17, 15) is 4.79 Å². The van der Waals surface area contributed by atoms with Crippen molar-refractivity contribution < 1.29 is 9.53 Å². The smallest absolute Gasteiger partial charge is 0.260 e. The second kappa shape index (κ2) is 9.19. The molecule has 1 aliphatic heterocycles. The minimum absolute atomic E-state index is 0.00754. The molecule has 0 atom stereocenters.